The van der Waals surface area contributed by atoms with Crippen molar-refractivity contribution < 1.29 is 14.7 Å². The molecule has 7 heteroatoms. The van der Waals surface area contributed by atoms with E-state index in [9.17, 15) is 14.7 Å². The van der Waals surface area contributed by atoms with Crippen LogP contribution in [0.5, 0.6) is 0 Å². The van der Waals surface area contributed by atoms with E-state index in [1.165, 1.54) is 0 Å². The Bertz CT molecular complexity index is 1300. The number of hydrogen-bond donors (Lipinski definition) is 3. The molecule has 0 fully saturated rings. The van der Waals surface area contributed by atoms with Crippen LogP contribution >= 0.6 is 11.6 Å². The van der Waals surface area contributed by atoms with Crippen LogP contribution in [0.1, 0.15) is 16.7 Å². The predicted molar refractivity (Wildman–Crippen MR) is 122 cm³/mol. The highest BCUT2D eigenvalue weighted by molar-refractivity contribution is 6.30. The summed E-state index contributed by atoms with van der Waals surface area (Å²) in [5, 5.41) is 13.8. The van der Waals surface area contributed by atoms with E-state index in [2.05, 4.69) is 15.3 Å². The monoisotopic (exact) mass is 431 g/mol. The molecule has 4 rings (SSSR count). The van der Waals surface area contributed by atoms with Gasteiger partial charge < -0.3 is 15.4 Å². The molecule has 2 aromatic heterocycles. The van der Waals surface area contributed by atoms with Crippen LogP contribution < -0.4 is 5.32 Å². The van der Waals surface area contributed by atoms with E-state index in [0.717, 1.165) is 5.56 Å². The SMILES string of the molecule is O=C(Cc1cccc(Cl)c1)Nc1cnc2[nH]cc(C=C(C(=O)O)c3ccccc3)c2c1. The van der Waals surface area contributed by atoms with Gasteiger partial charge in [-0.3, -0.25) is 4.79 Å². The third-order valence-electron chi connectivity index (χ3n) is 4.72. The van der Waals surface area contributed by atoms with Crippen molar-refractivity contribution in [1.82, 2.24) is 9.97 Å². The van der Waals surface area contributed by atoms with Crippen LogP contribution in [0.25, 0.3) is 22.7 Å². The Balaban J connectivity index is 1.61. The molecule has 6 nitrogen and oxygen atoms in total. The molecule has 0 spiro atoms. The average Bonchev–Trinajstić information content (AvgIpc) is 3.14. The van der Waals surface area contributed by atoms with Gasteiger partial charge in [0, 0.05) is 22.2 Å². The maximum absolute atomic E-state index is 12.4. The van der Waals surface area contributed by atoms with Gasteiger partial charge in [-0.1, -0.05) is 54.1 Å². The standard InChI is InChI=1S/C24H18ClN3O3/c25-18-8-4-5-15(9-18)10-22(29)28-19-12-20-17(13-26-23(20)27-14-19)11-21(24(30)31)16-6-2-1-3-7-16/h1-9,11-14H,10H2,(H,26,27)(H,28,29)(H,30,31). The number of anilines is 1. The quantitative estimate of drug-likeness (QED) is 0.373. The van der Waals surface area contributed by atoms with Crippen LogP contribution in [-0.2, 0) is 16.0 Å². The zero-order valence-electron chi connectivity index (χ0n) is 16.3. The van der Waals surface area contributed by atoms with Gasteiger partial charge in [-0.15, -0.1) is 0 Å². The molecule has 3 N–H and O–H groups in total. The lowest BCUT2D eigenvalue weighted by Gasteiger charge is -2.06. The lowest BCUT2D eigenvalue weighted by molar-refractivity contribution is -0.130. The molecule has 4 aromatic rings. The summed E-state index contributed by atoms with van der Waals surface area (Å²) < 4.78 is 0. The summed E-state index contributed by atoms with van der Waals surface area (Å²) in [5.41, 5.74) is 3.34. The highest BCUT2D eigenvalue weighted by atomic mass is 35.5. The van der Waals surface area contributed by atoms with Gasteiger partial charge >= 0.3 is 5.97 Å². The largest absolute Gasteiger partial charge is 0.478 e. The van der Waals surface area contributed by atoms with Gasteiger partial charge in [0.15, 0.2) is 0 Å². The number of H-pyrrole nitrogens is 1. The van der Waals surface area contributed by atoms with Gasteiger partial charge in [-0.25, -0.2) is 9.78 Å². The van der Waals surface area contributed by atoms with Crippen molar-refractivity contribution in [2.45, 2.75) is 6.42 Å². The van der Waals surface area contributed by atoms with Crippen molar-refractivity contribution in [1.29, 1.82) is 0 Å². The molecular formula is C24H18ClN3O3. The summed E-state index contributed by atoms with van der Waals surface area (Å²) in [4.78, 5) is 31.6. The molecule has 2 heterocycles. The molecule has 0 bridgehead atoms. The van der Waals surface area contributed by atoms with Gasteiger partial charge in [-0.05, 0) is 35.4 Å². The number of aromatic amines is 1. The first-order valence-electron chi connectivity index (χ1n) is 9.51. The number of hydrogen-bond acceptors (Lipinski definition) is 3. The Labute approximate surface area is 183 Å². The fourth-order valence-corrected chi connectivity index (χ4v) is 3.50. The van der Waals surface area contributed by atoms with Crippen molar-refractivity contribution in [2.24, 2.45) is 0 Å². The van der Waals surface area contributed by atoms with E-state index in [1.54, 1.807) is 67.0 Å². The van der Waals surface area contributed by atoms with Gasteiger partial charge in [-0.2, -0.15) is 0 Å². The first kappa shape index (κ1) is 20.4. The summed E-state index contributed by atoms with van der Waals surface area (Å²) in [7, 11) is 0. The summed E-state index contributed by atoms with van der Waals surface area (Å²) in [6.45, 7) is 0. The summed E-state index contributed by atoms with van der Waals surface area (Å²) in [5.74, 6) is -1.23. The second-order valence-electron chi connectivity index (χ2n) is 6.95. The molecule has 31 heavy (non-hydrogen) atoms. The Morgan fingerprint density at radius 2 is 1.90 bits per heavy atom. The molecule has 154 valence electrons. The molecule has 0 saturated carbocycles. The number of fused-ring (bicyclic) bond motifs is 1. The third-order valence-corrected chi connectivity index (χ3v) is 4.95. The van der Waals surface area contributed by atoms with E-state index in [-0.39, 0.29) is 17.9 Å². The van der Waals surface area contributed by atoms with Gasteiger partial charge in [0.1, 0.15) is 5.65 Å². The van der Waals surface area contributed by atoms with Crippen LogP contribution in [0.15, 0.2) is 73.1 Å². The van der Waals surface area contributed by atoms with E-state index in [4.69, 9.17) is 11.6 Å². The minimum atomic E-state index is -1.03. The molecular weight excluding hydrogens is 414 g/mol. The normalized spacial score (nSPS) is 11.5. The Morgan fingerprint density at radius 3 is 2.65 bits per heavy atom. The van der Waals surface area contributed by atoms with Crippen LogP contribution in [-0.4, -0.2) is 27.0 Å². The number of nitrogens with zero attached hydrogens (tertiary/aromatic N) is 1. The molecule has 0 radical (unpaired) electrons. The number of aromatic nitrogens is 2. The van der Waals surface area contributed by atoms with Crippen molar-refractivity contribution in [3.8, 4) is 0 Å². The number of aliphatic carboxylic acids is 1. The van der Waals surface area contributed by atoms with Crippen molar-refractivity contribution in [2.75, 3.05) is 5.32 Å². The van der Waals surface area contributed by atoms with Crippen LogP contribution in [0.2, 0.25) is 5.02 Å². The topological polar surface area (TPSA) is 95.1 Å². The molecule has 0 aliphatic carbocycles. The molecule has 0 aliphatic rings. The fourth-order valence-electron chi connectivity index (χ4n) is 3.29. The molecule has 0 unspecified atom stereocenters. The smallest absolute Gasteiger partial charge is 0.336 e. The van der Waals surface area contributed by atoms with Crippen LogP contribution in [0.3, 0.4) is 0 Å². The Morgan fingerprint density at radius 1 is 1.10 bits per heavy atom. The maximum atomic E-state index is 12.4. The van der Waals surface area contributed by atoms with Crippen molar-refractivity contribution >= 4 is 51.8 Å². The number of halogens is 1. The van der Waals surface area contributed by atoms with Gasteiger partial charge in [0.2, 0.25) is 5.91 Å². The van der Waals surface area contributed by atoms with Crippen LogP contribution in [0, 0.1) is 0 Å². The highest BCUT2D eigenvalue weighted by Gasteiger charge is 2.13. The lowest BCUT2D eigenvalue weighted by atomic mass is 10.0. The zero-order valence-corrected chi connectivity index (χ0v) is 17.1. The van der Waals surface area contributed by atoms with E-state index in [1.807, 2.05) is 12.1 Å². The number of carboxylic acid groups (broad SMARTS) is 1. The van der Waals surface area contributed by atoms with Crippen molar-refractivity contribution in [3.05, 3.63) is 94.8 Å². The summed E-state index contributed by atoms with van der Waals surface area (Å²) in [6.07, 6.45) is 5.02. The first-order chi connectivity index (χ1) is 15.0. The Hall–Kier alpha value is -3.90. The second kappa shape index (κ2) is 8.85. The summed E-state index contributed by atoms with van der Waals surface area (Å²) >= 11 is 5.97. The second-order valence-corrected chi connectivity index (χ2v) is 7.38. The lowest BCUT2D eigenvalue weighted by Crippen LogP contribution is -2.14. The van der Waals surface area contributed by atoms with E-state index in [0.29, 0.717) is 32.9 Å². The fraction of sp³-hybridized carbons (Fsp3) is 0.0417. The molecule has 2 aromatic carbocycles. The Kier molecular flexibility index (Phi) is 5.82. The van der Waals surface area contributed by atoms with E-state index >= 15 is 0 Å². The third kappa shape index (κ3) is 4.82. The highest BCUT2D eigenvalue weighted by Crippen LogP contribution is 2.25. The minimum absolute atomic E-state index is 0.164. The average molecular weight is 432 g/mol. The number of benzene rings is 2. The maximum Gasteiger partial charge on any atom is 0.336 e. The van der Waals surface area contributed by atoms with Gasteiger partial charge in [0.05, 0.1) is 23.9 Å². The van der Waals surface area contributed by atoms with E-state index < -0.39 is 5.97 Å². The number of amides is 1. The number of carboxylic acids is 1. The van der Waals surface area contributed by atoms with Gasteiger partial charge in [0.25, 0.3) is 0 Å². The first-order valence-corrected chi connectivity index (χ1v) is 9.89. The number of pyridine rings is 1. The number of nitrogens with one attached hydrogen (secondary N) is 2. The molecule has 1 amide bonds. The number of carbonyl (C=O) groups is 2. The molecule has 0 atom stereocenters. The van der Waals surface area contributed by atoms with Crippen molar-refractivity contribution in [3.63, 3.8) is 0 Å². The number of rotatable bonds is 6. The summed E-state index contributed by atoms with van der Waals surface area (Å²) in [6, 6.07) is 17.8. The predicted octanol–water partition coefficient (Wildman–Crippen LogP) is 5.02. The number of carbonyl (C=O) groups excluding carboxylic acids is 1. The van der Waals surface area contributed by atoms with Crippen LogP contribution in [0.4, 0.5) is 5.69 Å². The minimum Gasteiger partial charge on any atom is -0.478 e. The molecule has 0 saturated heterocycles. The zero-order chi connectivity index (χ0) is 21.8. The molecule has 0 aliphatic heterocycles.